The van der Waals surface area contributed by atoms with Crippen LogP contribution < -0.4 is 0 Å². The Kier molecular flexibility index (Phi) is 2.96. The molecule has 3 aromatic rings. The molecule has 1 amide bonds. The topological polar surface area (TPSA) is 77.7 Å². The lowest BCUT2D eigenvalue weighted by atomic mass is 10.1. The van der Waals surface area contributed by atoms with Gasteiger partial charge in [-0.1, -0.05) is 18.2 Å². The van der Waals surface area contributed by atoms with E-state index in [-0.39, 0.29) is 5.91 Å². The van der Waals surface area contributed by atoms with Crippen molar-refractivity contribution in [1.29, 1.82) is 0 Å². The Morgan fingerprint density at radius 2 is 2.09 bits per heavy atom. The zero-order chi connectivity index (χ0) is 15.1. The highest BCUT2D eigenvalue weighted by Gasteiger charge is 2.23. The Morgan fingerprint density at radius 3 is 3.00 bits per heavy atom. The summed E-state index contributed by atoms with van der Waals surface area (Å²) in [5.74, 6) is -0.0906. The molecular weight excluding hydrogens is 278 g/mol. The third-order valence-electron chi connectivity index (χ3n) is 4.30. The summed E-state index contributed by atoms with van der Waals surface area (Å²) in [5, 5.41) is 15.4. The lowest BCUT2D eigenvalue weighted by Gasteiger charge is -2.15. The molecule has 6 heteroatoms. The summed E-state index contributed by atoms with van der Waals surface area (Å²) in [6.07, 6.45) is 3.27. The predicted molar refractivity (Wildman–Crippen MR) is 82.5 cm³/mol. The van der Waals surface area contributed by atoms with Crippen molar-refractivity contribution in [2.24, 2.45) is 0 Å². The maximum absolute atomic E-state index is 12.7. The number of aryl methyl sites for hydroxylation is 1. The van der Waals surface area contributed by atoms with Crippen molar-refractivity contribution >= 4 is 16.8 Å². The molecule has 112 valence electrons. The molecule has 0 spiro atoms. The maximum atomic E-state index is 12.7. The fourth-order valence-electron chi connectivity index (χ4n) is 3.12. The number of carbonyl (C=O) groups is 1. The van der Waals surface area contributed by atoms with Crippen LogP contribution in [0.4, 0.5) is 0 Å². The van der Waals surface area contributed by atoms with Gasteiger partial charge in [0.25, 0.3) is 5.91 Å². The van der Waals surface area contributed by atoms with E-state index in [0.29, 0.717) is 12.2 Å². The molecule has 1 aliphatic rings. The van der Waals surface area contributed by atoms with Crippen molar-refractivity contribution in [3.8, 4) is 0 Å². The van der Waals surface area contributed by atoms with E-state index in [1.54, 1.807) is 11.9 Å². The zero-order valence-corrected chi connectivity index (χ0v) is 12.4. The summed E-state index contributed by atoms with van der Waals surface area (Å²) in [7, 11) is 1.79. The number of nitrogens with one attached hydrogen (secondary N) is 2. The monoisotopic (exact) mass is 295 g/mol. The first-order valence-electron chi connectivity index (χ1n) is 7.47. The number of rotatable bonds is 3. The number of benzene rings is 1. The van der Waals surface area contributed by atoms with E-state index in [0.717, 1.165) is 29.4 Å². The minimum Gasteiger partial charge on any atom is -0.334 e. The Labute approximate surface area is 127 Å². The number of H-pyrrole nitrogens is 2. The van der Waals surface area contributed by atoms with Crippen LogP contribution in [-0.2, 0) is 19.4 Å². The summed E-state index contributed by atoms with van der Waals surface area (Å²) >= 11 is 0. The molecule has 0 saturated carbocycles. The van der Waals surface area contributed by atoms with E-state index in [4.69, 9.17) is 0 Å². The number of hydrogen-bond donors (Lipinski definition) is 2. The van der Waals surface area contributed by atoms with E-state index >= 15 is 0 Å². The highest BCUT2D eigenvalue weighted by molar-refractivity contribution is 6.04. The average Bonchev–Trinajstić information content (AvgIpc) is 3.22. The van der Waals surface area contributed by atoms with E-state index in [2.05, 4.69) is 20.4 Å². The number of nitrogens with zero attached hydrogens (tertiary/aromatic N) is 3. The number of carbonyl (C=O) groups excluding carboxylic acids is 1. The molecule has 1 aromatic carbocycles. The Morgan fingerprint density at radius 1 is 1.23 bits per heavy atom. The van der Waals surface area contributed by atoms with Gasteiger partial charge in [-0.15, -0.1) is 0 Å². The third kappa shape index (κ3) is 1.99. The normalized spacial score (nSPS) is 13.5. The molecule has 2 aromatic heterocycles. The van der Waals surface area contributed by atoms with Crippen molar-refractivity contribution in [1.82, 2.24) is 25.3 Å². The molecule has 0 atom stereocenters. The van der Waals surface area contributed by atoms with Crippen molar-refractivity contribution in [2.45, 2.75) is 25.8 Å². The SMILES string of the molecule is CN(Cc1n[nH]c2c1CCC2)C(=O)c1n[nH]c2ccccc12. The quantitative estimate of drug-likeness (QED) is 0.776. The second-order valence-corrected chi connectivity index (χ2v) is 5.76. The molecule has 2 heterocycles. The molecule has 6 nitrogen and oxygen atoms in total. The fourth-order valence-corrected chi connectivity index (χ4v) is 3.12. The second kappa shape index (κ2) is 4.98. The van der Waals surface area contributed by atoms with E-state index in [1.165, 1.54) is 17.7 Å². The van der Waals surface area contributed by atoms with Gasteiger partial charge in [0.1, 0.15) is 0 Å². The number of aromatic nitrogens is 4. The van der Waals surface area contributed by atoms with Gasteiger partial charge in [0.05, 0.1) is 17.8 Å². The van der Waals surface area contributed by atoms with Gasteiger partial charge < -0.3 is 4.90 Å². The van der Waals surface area contributed by atoms with E-state index in [1.807, 2.05) is 24.3 Å². The second-order valence-electron chi connectivity index (χ2n) is 5.76. The van der Waals surface area contributed by atoms with Crippen LogP contribution in [0.3, 0.4) is 0 Å². The Balaban J connectivity index is 1.59. The number of para-hydroxylation sites is 1. The Bertz CT molecular complexity index is 847. The largest absolute Gasteiger partial charge is 0.334 e. The molecule has 22 heavy (non-hydrogen) atoms. The van der Waals surface area contributed by atoms with Gasteiger partial charge >= 0.3 is 0 Å². The smallest absolute Gasteiger partial charge is 0.275 e. The summed E-state index contributed by atoms with van der Waals surface area (Å²) in [6, 6.07) is 7.66. The van der Waals surface area contributed by atoms with E-state index in [9.17, 15) is 4.79 Å². The van der Waals surface area contributed by atoms with Crippen molar-refractivity contribution in [3.63, 3.8) is 0 Å². The molecule has 0 saturated heterocycles. The van der Waals surface area contributed by atoms with Crippen LogP contribution in [0, 0.1) is 0 Å². The molecular formula is C16H17N5O. The highest BCUT2D eigenvalue weighted by atomic mass is 16.2. The van der Waals surface area contributed by atoms with Gasteiger partial charge in [-0.05, 0) is 30.9 Å². The molecule has 2 N–H and O–H groups in total. The summed E-state index contributed by atoms with van der Waals surface area (Å²) < 4.78 is 0. The average molecular weight is 295 g/mol. The van der Waals surface area contributed by atoms with Crippen LogP contribution >= 0.6 is 0 Å². The van der Waals surface area contributed by atoms with Crippen molar-refractivity contribution in [3.05, 3.63) is 46.9 Å². The number of amides is 1. The summed E-state index contributed by atoms with van der Waals surface area (Å²) in [5.41, 5.74) is 4.82. The fraction of sp³-hybridized carbons (Fsp3) is 0.312. The zero-order valence-electron chi connectivity index (χ0n) is 12.4. The first kappa shape index (κ1) is 13.1. The van der Waals surface area contributed by atoms with Gasteiger partial charge in [0.15, 0.2) is 5.69 Å². The number of fused-ring (bicyclic) bond motifs is 2. The molecule has 1 aliphatic carbocycles. The molecule has 0 fully saturated rings. The Hall–Kier alpha value is -2.63. The lowest BCUT2D eigenvalue weighted by Crippen LogP contribution is -2.27. The molecule has 0 bridgehead atoms. The van der Waals surface area contributed by atoms with Crippen molar-refractivity contribution in [2.75, 3.05) is 7.05 Å². The van der Waals surface area contributed by atoms with Gasteiger partial charge in [0.2, 0.25) is 0 Å². The summed E-state index contributed by atoms with van der Waals surface area (Å²) in [4.78, 5) is 14.3. The molecule has 4 rings (SSSR count). The maximum Gasteiger partial charge on any atom is 0.275 e. The van der Waals surface area contributed by atoms with Crippen LogP contribution in [0.2, 0.25) is 0 Å². The molecule has 0 radical (unpaired) electrons. The first-order chi connectivity index (χ1) is 10.7. The van der Waals surface area contributed by atoms with E-state index < -0.39 is 0 Å². The van der Waals surface area contributed by atoms with Gasteiger partial charge in [-0.2, -0.15) is 10.2 Å². The van der Waals surface area contributed by atoms with Crippen LogP contribution in [0.1, 0.15) is 33.9 Å². The van der Waals surface area contributed by atoms with Crippen LogP contribution in [0.25, 0.3) is 10.9 Å². The number of aromatic amines is 2. The first-order valence-corrected chi connectivity index (χ1v) is 7.47. The van der Waals surface area contributed by atoms with Gasteiger partial charge in [-0.3, -0.25) is 15.0 Å². The lowest BCUT2D eigenvalue weighted by molar-refractivity contribution is 0.0779. The third-order valence-corrected chi connectivity index (χ3v) is 4.30. The predicted octanol–water partition coefficient (Wildman–Crippen LogP) is 2.05. The van der Waals surface area contributed by atoms with Gasteiger partial charge in [-0.25, -0.2) is 0 Å². The molecule has 0 unspecified atom stereocenters. The number of hydrogen-bond acceptors (Lipinski definition) is 3. The van der Waals surface area contributed by atoms with Crippen LogP contribution in [-0.4, -0.2) is 38.2 Å². The van der Waals surface area contributed by atoms with Gasteiger partial charge in [0, 0.05) is 18.1 Å². The van der Waals surface area contributed by atoms with Crippen LogP contribution in [0.5, 0.6) is 0 Å². The molecule has 0 aliphatic heterocycles. The van der Waals surface area contributed by atoms with Crippen LogP contribution in [0.15, 0.2) is 24.3 Å². The summed E-state index contributed by atoms with van der Waals surface area (Å²) in [6.45, 7) is 0.506. The van der Waals surface area contributed by atoms with Crippen molar-refractivity contribution < 1.29 is 4.79 Å². The standard InChI is InChI=1S/C16H17N5O/c1-21(9-14-10-6-4-8-12(10)17-19-14)16(22)15-11-5-2-3-7-13(11)18-20-15/h2-3,5,7H,4,6,8-9H2,1H3,(H,17,19)(H,18,20). The highest BCUT2D eigenvalue weighted by Crippen LogP contribution is 2.24. The minimum absolute atomic E-state index is 0.0906. The minimum atomic E-state index is -0.0906.